The highest BCUT2D eigenvalue weighted by Gasteiger charge is 2.19. The van der Waals surface area contributed by atoms with Crippen LogP contribution >= 0.6 is 0 Å². The number of nitrogens with one attached hydrogen (secondary N) is 2. The van der Waals surface area contributed by atoms with Gasteiger partial charge in [0.2, 0.25) is 10.0 Å². The van der Waals surface area contributed by atoms with E-state index in [0.29, 0.717) is 25.1 Å². The number of benzene rings is 1. The molecule has 6 nitrogen and oxygen atoms in total. The molecule has 1 amide bonds. The summed E-state index contributed by atoms with van der Waals surface area (Å²) in [7, 11) is -3.24. The van der Waals surface area contributed by atoms with Crippen LogP contribution in [0.4, 0.5) is 0 Å². The number of hydrogen-bond donors (Lipinski definition) is 2. The molecule has 1 aromatic carbocycles. The van der Waals surface area contributed by atoms with Crippen LogP contribution in [-0.2, 0) is 10.0 Å². The second-order valence-electron chi connectivity index (χ2n) is 6.23. The molecule has 1 heterocycles. The molecule has 7 heteroatoms. The van der Waals surface area contributed by atoms with E-state index in [2.05, 4.69) is 10.3 Å². The van der Waals surface area contributed by atoms with Gasteiger partial charge in [0.25, 0.3) is 5.91 Å². The van der Waals surface area contributed by atoms with E-state index >= 15 is 0 Å². The molecule has 2 aromatic rings. The monoisotopic (exact) mass is 363 g/mol. The third-order valence-electron chi connectivity index (χ3n) is 3.92. The van der Waals surface area contributed by atoms with E-state index in [1.54, 1.807) is 12.4 Å². The normalized spacial score (nSPS) is 11.9. The van der Waals surface area contributed by atoms with E-state index in [0.717, 1.165) is 11.1 Å². The molecule has 25 heavy (non-hydrogen) atoms. The Balaban J connectivity index is 1.93. The first-order chi connectivity index (χ1) is 11.8. The third kappa shape index (κ3) is 5.17. The number of hydrogen-bond acceptors (Lipinski definition) is 3. The minimum atomic E-state index is -3.24. The summed E-state index contributed by atoms with van der Waals surface area (Å²) < 4.78 is 24.9. The maximum Gasteiger partial charge on any atom is 0.253 e. The van der Waals surface area contributed by atoms with Crippen molar-refractivity contribution >= 4 is 15.9 Å². The number of sulfonamides is 1. The molecule has 0 saturated heterocycles. The highest BCUT2D eigenvalue weighted by atomic mass is 32.2. The lowest BCUT2D eigenvalue weighted by Crippen LogP contribution is -2.38. The van der Waals surface area contributed by atoms with Gasteiger partial charge < -0.3 is 10.3 Å². The van der Waals surface area contributed by atoms with Crippen molar-refractivity contribution in [3.8, 4) is 11.1 Å². The Labute approximate surface area is 149 Å². The molecule has 0 bridgehead atoms. The van der Waals surface area contributed by atoms with Crippen molar-refractivity contribution in [3.05, 3.63) is 48.3 Å². The van der Waals surface area contributed by atoms with Gasteiger partial charge >= 0.3 is 0 Å². The largest absolute Gasteiger partial charge is 0.366 e. The molecule has 0 radical (unpaired) electrons. The summed E-state index contributed by atoms with van der Waals surface area (Å²) in [6.45, 7) is 4.48. The van der Waals surface area contributed by atoms with Gasteiger partial charge in [0.05, 0.1) is 11.8 Å². The first-order valence-electron chi connectivity index (χ1n) is 8.28. The standard InChI is InChI=1S/C18H25N3O3S/c1-14(2)21(25(3,23)24)11-7-10-20-18(22)17-13-19-12-16(17)15-8-5-4-6-9-15/h4-6,8-9,12-14,19H,7,10-11H2,1-3H3,(H,20,22). The molecule has 136 valence electrons. The molecule has 0 atom stereocenters. The molecule has 0 aliphatic rings. The Bertz CT molecular complexity index is 798. The average molecular weight is 363 g/mol. The SMILES string of the molecule is CC(C)N(CCCNC(=O)c1c[nH]cc1-c1ccccc1)S(C)(=O)=O. The Morgan fingerprint density at radius 1 is 1.20 bits per heavy atom. The van der Waals surface area contributed by atoms with Gasteiger partial charge in [-0.15, -0.1) is 0 Å². The zero-order valence-corrected chi connectivity index (χ0v) is 15.6. The van der Waals surface area contributed by atoms with Crippen LogP contribution in [0.3, 0.4) is 0 Å². The Hall–Kier alpha value is -2.12. The van der Waals surface area contributed by atoms with Crippen molar-refractivity contribution in [1.29, 1.82) is 0 Å². The van der Waals surface area contributed by atoms with Gasteiger partial charge in [0.1, 0.15) is 0 Å². The van der Waals surface area contributed by atoms with E-state index in [4.69, 9.17) is 0 Å². The zero-order chi connectivity index (χ0) is 18.4. The van der Waals surface area contributed by atoms with Gasteiger partial charge in [-0.2, -0.15) is 4.31 Å². The van der Waals surface area contributed by atoms with Crippen molar-refractivity contribution in [2.24, 2.45) is 0 Å². The van der Waals surface area contributed by atoms with Gasteiger partial charge in [-0.3, -0.25) is 4.79 Å². The lowest BCUT2D eigenvalue weighted by molar-refractivity contribution is 0.0953. The van der Waals surface area contributed by atoms with Crippen LogP contribution in [0, 0.1) is 0 Å². The number of amides is 1. The van der Waals surface area contributed by atoms with Crippen molar-refractivity contribution in [1.82, 2.24) is 14.6 Å². The van der Waals surface area contributed by atoms with Gasteiger partial charge in [-0.1, -0.05) is 30.3 Å². The molecular weight excluding hydrogens is 338 g/mol. The summed E-state index contributed by atoms with van der Waals surface area (Å²) >= 11 is 0. The van der Waals surface area contributed by atoms with Crippen LogP contribution in [0.25, 0.3) is 11.1 Å². The molecule has 2 rings (SSSR count). The summed E-state index contributed by atoms with van der Waals surface area (Å²) in [5.41, 5.74) is 2.39. The molecule has 0 fully saturated rings. The quantitative estimate of drug-likeness (QED) is 0.707. The first-order valence-corrected chi connectivity index (χ1v) is 10.1. The van der Waals surface area contributed by atoms with Crippen LogP contribution < -0.4 is 5.32 Å². The predicted octanol–water partition coefficient (Wildman–Crippen LogP) is 2.47. The van der Waals surface area contributed by atoms with Crippen LogP contribution in [0.1, 0.15) is 30.6 Å². The number of carbonyl (C=O) groups excluding carboxylic acids is 1. The van der Waals surface area contributed by atoms with E-state index in [9.17, 15) is 13.2 Å². The second-order valence-corrected chi connectivity index (χ2v) is 8.16. The molecular formula is C18H25N3O3S. The van der Waals surface area contributed by atoms with Gasteiger partial charge in [0.15, 0.2) is 0 Å². The van der Waals surface area contributed by atoms with Crippen LogP contribution in [0.5, 0.6) is 0 Å². The molecule has 0 spiro atoms. The van der Waals surface area contributed by atoms with Crippen molar-refractivity contribution < 1.29 is 13.2 Å². The lowest BCUT2D eigenvalue weighted by atomic mass is 10.0. The molecule has 0 aliphatic carbocycles. The van der Waals surface area contributed by atoms with E-state index in [-0.39, 0.29) is 11.9 Å². The fourth-order valence-electron chi connectivity index (χ4n) is 2.75. The number of aromatic nitrogens is 1. The Kier molecular flexibility index (Phi) is 6.39. The summed E-state index contributed by atoms with van der Waals surface area (Å²) in [6, 6.07) is 9.59. The second kappa shape index (κ2) is 8.31. The molecule has 0 unspecified atom stereocenters. The minimum absolute atomic E-state index is 0.0972. The van der Waals surface area contributed by atoms with E-state index in [1.165, 1.54) is 10.6 Å². The Morgan fingerprint density at radius 3 is 2.48 bits per heavy atom. The van der Waals surface area contributed by atoms with Crippen molar-refractivity contribution in [3.63, 3.8) is 0 Å². The highest BCUT2D eigenvalue weighted by molar-refractivity contribution is 7.88. The number of carbonyl (C=O) groups is 1. The van der Waals surface area contributed by atoms with E-state index in [1.807, 2.05) is 44.2 Å². The van der Waals surface area contributed by atoms with Crippen molar-refractivity contribution in [2.75, 3.05) is 19.3 Å². The van der Waals surface area contributed by atoms with Crippen LogP contribution in [0.2, 0.25) is 0 Å². The lowest BCUT2D eigenvalue weighted by Gasteiger charge is -2.23. The van der Waals surface area contributed by atoms with Gasteiger partial charge in [-0.25, -0.2) is 8.42 Å². The predicted molar refractivity (Wildman–Crippen MR) is 99.9 cm³/mol. The topological polar surface area (TPSA) is 82.3 Å². The third-order valence-corrected chi connectivity index (χ3v) is 5.37. The minimum Gasteiger partial charge on any atom is -0.366 e. The summed E-state index contributed by atoms with van der Waals surface area (Å²) in [5.74, 6) is -0.171. The maximum absolute atomic E-state index is 12.4. The van der Waals surface area contributed by atoms with Gasteiger partial charge in [0, 0.05) is 37.1 Å². The summed E-state index contributed by atoms with van der Waals surface area (Å²) in [5, 5.41) is 2.86. The fourth-order valence-corrected chi connectivity index (χ4v) is 3.97. The average Bonchev–Trinajstić information content (AvgIpc) is 3.03. The first kappa shape index (κ1) is 19.2. The Morgan fingerprint density at radius 2 is 1.88 bits per heavy atom. The highest BCUT2D eigenvalue weighted by Crippen LogP contribution is 2.22. The molecule has 0 aliphatic heterocycles. The maximum atomic E-state index is 12.4. The number of nitrogens with zero attached hydrogens (tertiary/aromatic N) is 1. The summed E-state index contributed by atoms with van der Waals surface area (Å²) in [4.78, 5) is 15.4. The fraction of sp³-hybridized carbons (Fsp3) is 0.389. The molecule has 2 N–H and O–H groups in total. The summed E-state index contributed by atoms with van der Waals surface area (Å²) in [6.07, 6.45) is 5.24. The van der Waals surface area contributed by atoms with Crippen molar-refractivity contribution in [2.45, 2.75) is 26.3 Å². The molecule has 1 aromatic heterocycles. The molecule has 0 saturated carbocycles. The van der Waals surface area contributed by atoms with Crippen LogP contribution in [-0.4, -0.2) is 49.0 Å². The smallest absolute Gasteiger partial charge is 0.253 e. The van der Waals surface area contributed by atoms with Gasteiger partial charge in [-0.05, 0) is 25.8 Å². The van der Waals surface area contributed by atoms with Crippen LogP contribution in [0.15, 0.2) is 42.7 Å². The zero-order valence-electron chi connectivity index (χ0n) is 14.8. The number of rotatable bonds is 8. The van der Waals surface area contributed by atoms with E-state index < -0.39 is 10.0 Å². The number of H-pyrrole nitrogens is 1. The number of aromatic amines is 1.